The Labute approximate surface area is 158 Å². The highest BCUT2D eigenvalue weighted by molar-refractivity contribution is 5.89. The van der Waals surface area contributed by atoms with Crippen molar-refractivity contribution in [1.82, 2.24) is 19.7 Å². The van der Waals surface area contributed by atoms with Gasteiger partial charge in [-0.05, 0) is 35.9 Å². The molecule has 27 heavy (non-hydrogen) atoms. The maximum Gasteiger partial charge on any atom is 0.321 e. The second kappa shape index (κ2) is 7.90. The number of nitrogens with zero attached hydrogens (tertiary/aromatic N) is 5. The van der Waals surface area contributed by atoms with Crippen LogP contribution in [0.1, 0.15) is 5.56 Å². The van der Waals surface area contributed by atoms with E-state index in [-0.39, 0.29) is 6.03 Å². The van der Waals surface area contributed by atoms with E-state index in [9.17, 15) is 4.79 Å². The van der Waals surface area contributed by atoms with E-state index in [0.717, 1.165) is 36.6 Å². The van der Waals surface area contributed by atoms with Gasteiger partial charge >= 0.3 is 6.03 Å². The molecule has 1 aliphatic heterocycles. The molecule has 1 saturated heterocycles. The van der Waals surface area contributed by atoms with Crippen molar-refractivity contribution in [2.24, 2.45) is 0 Å². The van der Waals surface area contributed by atoms with Crippen molar-refractivity contribution in [3.63, 3.8) is 0 Å². The molecule has 2 amide bonds. The Balaban J connectivity index is 1.29. The molecule has 0 bridgehead atoms. The maximum atomic E-state index is 12.5. The highest BCUT2D eigenvalue weighted by atomic mass is 16.2. The Morgan fingerprint density at radius 1 is 0.963 bits per heavy atom. The number of piperazine rings is 1. The standard InChI is InChI=1S/C20H22N6O/c27-20(25-14-12-24(13-15-25)19-6-9-21-10-7-19)23-18-4-2-17(3-5-18)16-26-11-1-8-22-26/h1-11H,12-16H2,(H,23,27). The van der Waals surface area contributed by atoms with Crippen molar-refractivity contribution in [3.8, 4) is 0 Å². The monoisotopic (exact) mass is 362 g/mol. The second-order valence-corrected chi connectivity index (χ2v) is 6.51. The lowest BCUT2D eigenvalue weighted by atomic mass is 10.2. The van der Waals surface area contributed by atoms with Gasteiger partial charge in [0.15, 0.2) is 0 Å². The van der Waals surface area contributed by atoms with Gasteiger partial charge in [-0.3, -0.25) is 9.67 Å². The van der Waals surface area contributed by atoms with Gasteiger partial charge in [0.05, 0.1) is 6.54 Å². The summed E-state index contributed by atoms with van der Waals surface area (Å²) in [4.78, 5) is 20.7. The van der Waals surface area contributed by atoms with Gasteiger partial charge in [0.2, 0.25) is 0 Å². The van der Waals surface area contributed by atoms with Gasteiger partial charge in [0.25, 0.3) is 0 Å². The minimum Gasteiger partial charge on any atom is -0.368 e. The van der Waals surface area contributed by atoms with Gasteiger partial charge < -0.3 is 15.1 Å². The number of urea groups is 1. The Morgan fingerprint density at radius 3 is 2.37 bits per heavy atom. The summed E-state index contributed by atoms with van der Waals surface area (Å²) >= 11 is 0. The van der Waals surface area contributed by atoms with Crippen LogP contribution in [0.25, 0.3) is 0 Å². The first-order valence-electron chi connectivity index (χ1n) is 9.05. The number of rotatable bonds is 4. The van der Waals surface area contributed by atoms with Crippen molar-refractivity contribution in [2.75, 3.05) is 36.4 Å². The van der Waals surface area contributed by atoms with Crippen LogP contribution in [-0.2, 0) is 6.54 Å². The van der Waals surface area contributed by atoms with E-state index in [2.05, 4.69) is 20.3 Å². The molecule has 0 unspecified atom stereocenters. The maximum absolute atomic E-state index is 12.5. The summed E-state index contributed by atoms with van der Waals surface area (Å²) in [6.07, 6.45) is 7.29. The number of hydrogen-bond donors (Lipinski definition) is 1. The molecule has 0 saturated carbocycles. The van der Waals surface area contributed by atoms with Gasteiger partial charge in [0, 0.05) is 62.3 Å². The quantitative estimate of drug-likeness (QED) is 0.775. The van der Waals surface area contributed by atoms with Crippen LogP contribution in [0.3, 0.4) is 0 Å². The lowest BCUT2D eigenvalue weighted by molar-refractivity contribution is 0.208. The van der Waals surface area contributed by atoms with Gasteiger partial charge in [-0.2, -0.15) is 5.10 Å². The minimum absolute atomic E-state index is 0.0517. The number of nitrogens with one attached hydrogen (secondary N) is 1. The normalized spacial score (nSPS) is 14.2. The topological polar surface area (TPSA) is 66.3 Å². The van der Waals surface area contributed by atoms with Crippen molar-refractivity contribution < 1.29 is 4.79 Å². The predicted molar refractivity (Wildman–Crippen MR) is 105 cm³/mol. The van der Waals surface area contributed by atoms with Crippen LogP contribution < -0.4 is 10.2 Å². The highest BCUT2D eigenvalue weighted by Crippen LogP contribution is 2.16. The van der Waals surface area contributed by atoms with Crippen LogP contribution in [0.5, 0.6) is 0 Å². The summed E-state index contributed by atoms with van der Waals surface area (Å²) in [5, 5.41) is 7.19. The lowest BCUT2D eigenvalue weighted by Gasteiger charge is -2.36. The van der Waals surface area contributed by atoms with Crippen molar-refractivity contribution in [1.29, 1.82) is 0 Å². The number of hydrogen-bond acceptors (Lipinski definition) is 4. The molecule has 7 heteroatoms. The minimum atomic E-state index is -0.0517. The molecule has 1 aromatic carbocycles. The molecule has 3 aromatic rings. The number of anilines is 2. The molecule has 4 rings (SSSR count). The Kier molecular flexibility index (Phi) is 5.00. The fourth-order valence-electron chi connectivity index (χ4n) is 3.20. The number of pyridine rings is 1. The molecular formula is C20H22N6O. The van der Waals surface area contributed by atoms with Crippen LogP contribution in [-0.4, -0.2) is 51.9 Å². The molecule has 0 aliphatic carbocycles. The fraction of sp³-hybridized carbons (Fsp3) is 0.250. The molecule has 1 fully saturated rings. The Bertz CT molecular complexity index is 855. The third-order valence-corrected chi connectivity index (χ3v) is 4.70. The number of benzene rings is 1. The van der Waals surface area contributed by atoms with E-state index in [4.69, 9.17) is 0 Å². The van der Waals surface area contributed by atoms with Crippen LogP contribution >= 0.6 is 0 Å². The largest absolute Gasteiger partial charge is 0.368 e. The first-order valence-corrected chi connectivity index (χ1v) is 9.05. The number of carbonyl (C=O) groups is 1. The first kappa shape index (κ1) is 17.1. The zero-order chi connectivity index (χ0) is 18.5. The molecule has 1 N–H and O–H groups in total. The van der Waals surface area contributed by atoms with E-state index in [1.54, 1.807) is 18.6 Å². The summed E-state index contributed by atoms with van der Waals surface area (Å²) in [7, 11) is 0. The van der Waals surface area contributed by atoms with Gasteiger partial charge in [-0.25, -0.2) is 4.79 Å². The summed E-state index contributed by atoms with van der Waals surface area (Å²) in [6, 6.07) is 13.7. The van der Waals surface area contributed by atoms with Crippen LogP contribution in [0.2, 0.25) is 0 Å². The van der Waals surface area contributed by atoms with E-state index in [0.29, 0.717) is 13.1 Å². The van der Waals surface area contributed by atoms with Crippen LogP contribution in [0.15, 0.2) is 67.3 Å². The Morgan fingerprint density at radius 2 is 1.70 bits per heavy atom. The Hall–Kier alpha value is -3.35. The molecule has 3 heterocycles. The molecule has 0 radical (unpaired) electrons. The van der Waals surface area contributed by atoms with E-state index in [1.165, 1.54) is 0 Å². The van der Waals surface area contributed by atoms with Gasteiger partial charge in [-0.15, -0.1) is 0 Å². The molecule has 1 aliphatic rings. The van der Waals surface area contributed by atoms with Gasteiger partial charge in [0.1, 0.15) is 0 Å². The first-order chi connectivity index (χ1) is 13.3. The molecule has 0 atom stereocenters. The summed E-state index contributed by atoms with van der Waals surface area (Å²) in [5.41, 5.74) is 3.10. The lowest BCUT2D eigenvalue weighted by Crippen LogP contribution is -2.50. The van der Waals surface area contributed by atoms with Crippen molar-refractivity contribution in [3.05, 3.63) is 72.8 Å². The van der Waals surface area contributed by atoms with Crippen LogP contribution in [0, 0.1) is 0 Å². The molecule has 7 nitrogen and oxygen atoms in total. The van der Waals surface area contributed by atoms with Gasteiger partial charge in [-0.1, -0.05) is 12.1 Å². The number of amides is 2. The fourth-order valence-corrected chi connectivity index (χ4v) is 3.20. The zero-order valence-electron chi connectivity index (χ0n) is 15.0. The third-order valence-electron chi connectivity index (χ3n) is 4.70. The number of aromatic nitrogens is 3. The molecule has 138 valence electrons. The van der Waals surface area contributed by atoms with E-state index < -0.39 is 0 Å². The smallest absolute Gasteiger partial charge is 0.321 e. The third kappa shape index (κ3) is 4.25. The average molecular weight is 362 g/mol. The van der Waals surface area contributed by atoms with E-state index in [1.807, 2.05) is 58.2 Å². The summed E-state index contributed by atoms with van der Waals surface area (Å²) in [5.74, 6) is 0. The molecular weight excluding hydrogens is 340 g/mol. The molecule has 0 spiro atoms. The SMILES string of the molecule is O=C(Nc1ccc(Cn2cccn2)cc1)N1CCN(c2ccncc2)CC1. The summed E-state index contributed by atoms with van der Waals surface area (Å²) < 4.78 is 1.87. The average Bonchev–Trinajstić information content (AvgIpc) is 3.23. The second-order valence-electron chi connectivity index (χ2n) is 6.51. The van der Waals surface area contributed by atoms with Crippen molar-refractivity contribution >= 4 is 17.4 Å². The highest BCUT2D eigenvalue weighted by Gasteiger charge is 2.21. The number of carbonyl (C=O) groups excluding carboxylic acids is 1. The van der Waals surface area contributed by atoms with E-state index >= 15 is 0 Å². The zero-order valence-corrected chi connectivity index (χ0v) is 15.0. The summed E-state index contributed by atoms with van der Waals surface area (Å²) in [6.45, 7) is 3.76. The molecule has 2 aromatic heterocycles. The van der Waals surface area contributed by atoms with Crippen molar-refractivity contribution in [2.45, 2.75) is 6.54 Å². The van der Waals surface area contributed by atoms with Crippen LogP contribution in [0.4, 0.5) is 16.2 Å². The predicted octanol–water partition coefficient (Wildman–Crippen LogP) is 2.68.